The zero-order valence-corrected chi connectivity index (χ0v) is 12.3. The molecule has 21 heavy (non-hydrogen) atoms. The van der Waals surface area contributed by atoms with E-state index in [1.807, 2.05) is 0 Å². The highest BCUT2D eigenvalue weighted by atomic mass is 35.5. The molecule has 4 amide bonds. The van der Waals surface area contributed by atoms with Crippen molar-refractivity contribution >= 4 is 41.0 Å². The molecule has 0 aromatic carbocycles. The predicted octanol–water partition coefficient (Wildman–Crippen LogP) is 1.14. The van der Waals surface area contributed by atoms with Crippen LogP contribution in [0.1, 0.15) is 23.3 Å². The molecule has 0 radical (unpaired) electrons. The first-order valence-corrected chi connectivity index (χ1v) is 7.14. The van der Waals surface area contributed by atoms with Gasteiger partial charge in [-0.25, -0.2) is 4.79 Å². The van der Waals surface area contributed by atoms with Crippen LogP contribution in [0.5, 0.6) is 0 Å². The quantitative estimate of drug-likeness (QED) is 0.674. The normalized spacial score (nSPS) is 20.6. The summed E-state index contributed by atoms with van der Waals surface area (Å²) in [6.07, 6.45) is 0.747. The molecule has 2 fully saturated rings. The summed E-state index contributed by atoms with van der Waals surface area (Å²) < 4.78 is 0. The first-order chi connectivity index (χ1) is 9.91. The molecule has 3 heterocycles. The van der Waals surface area contributed by atoms with Crippen LogP contribution in [-0.2, 0) is 4.79 Å². The lowest BCUT2D eigenvalue weighted by atomic mass is 9.87. The van der Waals surface area contributed by atoms with E-state index in [-0.39, 0.29) is 22.0 Å². The van der Waals surface area contributed by atoms with Crippen LogP contribution in [0.15, 0.2) is 6.07 Å². The monoisotopic (exact) mass is 330 g/mol. The number of hydrogen-bond donors (Lipinski definition) is 3. The van der Waals surface area contributed by atoms with Crippen LogP contribution in [0.25, 0.3) is 0 Å². The second-order valence-corrected chi connectivity index (χ2v) is 5.91. The van der Waals surface area contributed by atoms with Crippen LogP contribution >= 0.6 is 23.2 Å². The number of piperidine rings is 1. The highest BCUT2D eigenvalue weighted by molar-refractivity contribution is 6.41. The van der Waals surface area contributed by atoms with Gasteiger partial charge in [0.1, 0.15) is 16.4 Å². The molecule has 1 aromatic rings. The molecule has 3 rings (SSSR count). The van der Waals surface area contributed by atoms with Gasteiger partial charge in [-0.15, -0.1) is 0 Å². The summed E-state index contributed by atoms with van der Waals surface area (Å²) in [4.78, 5) is 39.7. The molecule has 0 aliphatic carbocycles. The first kappa shape index (κ1) is 14.2. The zero-order valence-electron chi connectivity index (χ0n) is 10.8. The van der Waals surface area contributed by atoms with Gasteiger partial charge >= 0.3 is 6.03 Å². The van der Waals surface area contributed by atoms with E-state index in [1.165, 1.54) is 6.07 Å². The maximum absolute atomic E-state index is 12.3. The number of nitrogens with zero attached hydrogens (tertiary/aromatic N) is 1. The number of halogens is 2. The number of imide groups is 1. The van der Waals surface area contributed by atoms with Crippen LogP contribution in [0.3, 0.4) is 0 Å². The lowest BCUT2D eigenvalue weighted by Gasteiger charge is -2.36. The third-order valence-electron chi connectivity index (χ3n) is 3.87. The molecule has 0 saturated carbocycles. The standard InChI is InChI=1S/C12H12Cl2N4O3/c13-6-5-7(15-8(6)14)9(19)18-3-1-12(2-4-18)10(20)16-11(21)17-12/h5,15H,1-4H2,(H2,16,17,20,21). The van der Waals surface area contributed by atoms with Gasteiger partial charge in [-0.2, -0.15) is 0 Å². The fourth-order valence-electron chi connectivity index (χ4n) is 2.66. The van der Waals surface area contributed by atoms with Crippen LogP contribution < -0.4 is 10.6 Å². The summed E-state index contributed by atoms with van der Waals surface area (Å²) in [5.74, 6) is -0.561. The summed E-state index contributed by atoms with van der Waals surface area (Å²) in [5, 5.41) is 5.38. The third kappa shape index (κ3) is 2.36. The Morgan fingerprint density at radius 3 is 2.38 bits per heavy atom. The van der Waals surface area contributed by atoms with Gasteiger partial charge < -0.3 is 15.2 Å². The van der Waals surface area contributed by atoms with Gasteiger partial charge in [0.15, 0.2) is 0 Å². The van der Waals surface area contributed by atoms with Crippen molar-refractivity contribution in [1.82, 2.24) is 20.5 Å². The minimum atomic E-state index is -0.890. The van der Waals surface area contributed by atoms with Gasteiger partial charge in [0.25, 0.3) is 11.8 Å². The van der Waals surface area contributed by atoms with Gasteiger partial charge in [-0.1, -0.05) is 23.2 Å². The molecular weight excluding hydrogens is 319 g/mol. The maximum Gasteiger partial charge on any atom is 0.322 e. The molecular formula is C12H12Cl2N4O3. The number of rotatable bonds is 1. The number of aromatic nitrogens is 1. The molecule has 0 atom stereocenters. The van der Waals surface area contributed by atoms with Crippen LogP contribution in [0.2, 0.25) is 10.2 Å². The Hall–Kier alpha value is -1.73. The van der Waals surface area contributed by atoms with Crippen molar-refractivity contribution < 1.29 is 14.4 Å². The van der Waals surface area contributed by atoms with E-state index in [1.54, 1.807) is 4.90 Å². The predicted molar refractivity (Wildman–Crippen MR) is 75.4 cm³/mol. The molecule has 0 unspecified atom stereocenters. The number of aromatic amines is 1. The highest BCUT2D eigenvalue weighted by Gasteiger charge is 2.48. The molecule has 7 nitrogen and oxygen atoms in total. The summed E-state index contributed by atoms with van der Waals surface area (Å²) >= 11 is 11.6. The minimum Gasteiger partial charge on any atom is -0.340 e. The smallest absolute Gasteiger partial charge is 0.322 e. The van der Waals surface area contributed by atoms with Crippen molar-refractivity contribution in [3.63, 3.8) is 0 Å². The van der Waals surface area contributed by atoms with Crippen molar-refractivity contribution in [2.45, 2.75) is 18.4 Å². The second kappa shape index (κ2) is 4.92. The molecule has 2 aliphatic rings. The summed E-state index contributed by atoms with van der Waals surface area (Å²) in [7, 11) is 0. The Kier molecular flexibility index (Phi) is 3.33. The molecule has 112 valence electrons. The van der Waals surface area contributed by atoms with Crippen molar-refractivity contribution in [2.75, 3.05) is 13.1 Å². The lowest BCUT2D eigenvalue weighted by Crippen LogP contribution is -2.55. The topological polar surface area (TPSA) is 94.3 Å². The van der Waals surface area contributed by atoms with E-state index >= 15 is 0 Å². The molecule has 1 spiro atoms. The highest BCUT2D eigenvalue weighted by Crippen LogP contribution is 2.27. The van der Waals surface area contributed by atoms with Gasteiger partial charge in [0, 0.05) is 13.1 Å². The molecule has 3 N–H and O–H groups in total. The molecule has 2 saturated heterocycles. The Morgan fingerprint density at radius 1 is 1.24 bits per heavy atom. The Morgan fingerprint density at radius 2 is 1.90 bits per heavy atom. The van der Waals surface area contributed by atoms with Gasteiger partial charge in [0.05, 0.1) is 5.02 Å². The van der Waals surface area contributed by atoms with E-state index in [4.69, 9.17) is 23.2 Å². The molecule has 1 aromatic heterocycles. The number of hydrogen-bond acceptors (Lipinski definition) is 3. The summed E-state index contributed by atoms with van der Waals surface area (Å²) in [5.41, 5.74) is -0.584. The van der Waals surface area contributed by atoms with E-state index in [0.717, 1.165) is 0 Å². The number of H-pyrrole nitrogens is 1. The van der Waals surface area contributed by atoms with Crippen molar-refractivity contribution in [3.05, 3.63) is 21.9 Å². The lowest BCUT2D eigenvalue weighted by molar-refractivity contribution is -0.125. The van der Waals surface area contributed by atoms with Crippen LogP contribution in [0.4, 0.5) is 4.79 Å². The number of amides is 4. The average Bonchev–Trinajstić information content (AvgIpc) is 2.91. The molecule has 0 bridgehead atoms. The minimum absolute atomic E-state index is 0.218. The summed E-state index contributed by atoms with van der Waals surface area (Å²) in [6.45, 7) is 0.724. The maximum atomic E-state index is 12.3. The van der Waals surface area contributed by atoms with E-state index in [9.17, 15) is 14.4 Å². The van der Waals surface area contributed by atoms with Gasteiger partial charge in [-0.3, -0.25) is 14.9 Å². The average molecular weight is 331 g/mol. The van der Waals surface area contributed by atoms with Crippen molar-refractivity contribution in [1.29, 1.82) is 0 Å². The number of carbonyl (C=O) groups is 3. The van der Waals surface area contributed by atoms with Crippen LogP contribution in [0, 0.1) is 0 Å². The molecule has 9 heteroatoms. The SMILES string of the molecule is O=C1NC(=O)C2(CCN(C(=O)c3cc(Cl)c(Cl)[nH]3)CC2)N1. The first-order valence-electron chi connectivity index (χ1n) is 6.38. The third-order valence-corrected chi connectivity index (χ3v) is 4.57. The van der Waals surface area contributed by atoms with E-state index in [2.05, 4.69) is 15.6 Å². The van der Waals surface area contributed by atoms with Crippen molar-refractivity contribution in [3.8, 4) is 0 Å². The molecule has 2 aliphatic heterocycles. The van der Waals surface area contributed by atoms with Crippen LogP contribution in [-0.4, -0.2) is 46.4 Å². The van der Waals surface area contributed by atoms with Crippen molar-refractivity contribution in [2.24, 2.45) is 0 Å². The van der Waals surface area contributed by atoms with Gasteiger partial charge in [0.2, 0.25) is 0 Å². The van der Waals surface area contributed by atoms with E-state index < -0.39 is 11.6 Å². The number of carbonyl (C=O) groups excluding carboxylic acids is 3. The summed E-state index contributed by atoms with van der Waals surface area (Å²) in [6, 6.07) is 0.989. The largest absolute Gasteiger partial charge is 0.340 e. The Labute approximate surface area is 129 Å². The fourth-order valence-corrected chi connectivity index (χ4v) is 2.97. The number of likely N-dealkylation sites (tertiary alicyclic amines) is 1. The van der Waals surface area contributed by atoms with Gasteiger partial charge in [-0.05, 0) is 18.9 Å². The fraction of sp³-hybridized carbons (Fsp3) is 0.417. The Balaban J connectivity index is 1.70. The van der Waals surface area contributed by atoms with E-state index in [0.29, 0.717) is 31.6 Å². The number of nitrogens with one attached hydrogen (secondary N) is 3. The zero-order chi connectivity index (χ0) is 15.2. The second-order valence-electron chi connectivity index (χ2n) is 5.13. The number of urea groups is 1. The Bertz CT molecular complexity index is 615.